The number of methoxy groups -OCH3 is 1. The Kier molecular flexibility index (Phi) is 8.71. The minimum absolute atomic E-state index is 0.126. The zero-order valence-corrected chi connectivity index (χ0v) is 23.4. The molecule has 5 rings (SSSR count). The number of rotatable bonds is 10. The summed E-state index contributed by atoms with van der Waals surface area (Å²) in [6.45, 7) is 2.79. The van der Waals surface area contributed by atoms with Crippen LogP contribution in [0, 0.1) is 17.8 Å². The van der Waals surface area contributed by atoms with Crippen LogP contribution in [0.15, 0.2) is 58.5 Å². The normalized spacial score (nSPS) is 25.4. The Balaban J connectivity index is 1.42. The molecule has 206 valence electrons. The monoisotopic (exact) mass is 549 g/mol. The molecule has 2 aromatic rings. The first-order valence-corrected chi connectivity index (χ1v) is 14.7. The van der Waals surface area contributed by atoms with Crippen LogP contribution in [0.25, 0.3) is 6.08 Å². The van der Waals surface area contributed by atoms with Crippen LogP contribution in [0.3, 0.4) is 0 Å². The first-order chi connectivity index (χ1) is 18.9. The smallest absolute Gasteiger partial charge is 0.455 e. The fourth-order valence-corrected chi connectivity index (χ4v) is 7.28. The fraction of sp³-hybridized carbons (Fsp3) is 0.467. The summed E-state index contributed by atoms with van der Waals surface area (Å²) in [6, 6.07) is 11.2. The molecule has 9 heteroatoms. The number of hydrogen-bond acceptors (Lipinski definition) is 7. The molecule has 39 heavy (non-hydrogen) atoms. The van der Waals surface area contributed by atoms with Gasteiger partial charge in [-0.2, -0.15) is 0 Å². The first kappa shape index (κ1) is 27.8. The third-order valence-electron chi connectivity index (χ3n) is 8.21. The molecule has 4 atom stereocenters. The number of nitrogens with zero attached hydrogens (tertiary/aromatic N) is 1. The second-order valence-corrected chi connectivity index (χ2v) is 11.8. The number of phenolic OH excluding ortho intramolecular Hbond substituents is 1. The molecule has 2 N–H and O–H groups in total. The number of allylic oxidation sites excluding steroid dienone is 1. The van der Waals surface area contributed by atoms with Crippen molar-refractivity contribution >= 4 is 36.3 Å². The van der Waals surface area contributed by atoms with Gasteiger partial charge in [0.2, 0.25) is 11.8 Å². The maximum Gasteiger partial charge on any atom is 0.455 e. The van der Waals surface area contributed by atoms with Crippen molar-refractivity contribution < 1.29 is 29.1 Å². The van der Waals surface area contributed by atoms with E-state index in [0.717, 1.165) is 40.8 Å². The number of hydrogen-bond donors (Lipinski definition) is 2. The van der Waals surface area contributed by atoms with E-state index in [4.69, 9.17) is 9.39 Å². The summed E-state index contributed by atoms with van der Waals surface area (Å²) in [6.07, 6.45) is 5.64. The second kappa shape index (κ2) is 12.2. The van der Waals surface area contributed by atoms with E-state index in [0.29, 0.717) is 32.3 Å². The van der Waals surface area contributed by atoms with Gasteiger partial charge >= 0.3 is 7.12 Å². The molecule has 0 bridgehead atoms. The summed E-state index contributed by atoms with van der Waals surface area (Å²) in [5.74, 6) is -1.20. The number of amides is 2. The van der Waals surface area contributed by atoms with E-state index in [1.54, 1.807) is 19.2 Å². The number of benzene rings is 1. The Morgan fingerprint density at radius 3 is 2.72 bits per heavy atom. The van der Waals surface area contributed by atoms with Crippen LogP contribution in [-0.2, 0) is 25.5 Å². The fourth-order valence-electron chi connectivity index (χ4n) is 6.59. The standard InChI is InChI=1S/C30H36BNO6S/c1-3-7-19(14-20-8-4-5-10-25(20)33)11-12-26-27-21(18-37-2)15-23-28(24(27)16-31(36)38-26)30(35)32(29(23)34)17-22-9-6-13-39-22/h4-6,8-10,13-14,23-24,26,28,33,36H,3,7,11-12,15-18H2,1-2H3/b19-14+/t23-,24+,26-,28-/m1/s1. The molecule has 0 radical (unpaired) electrons. The summed E-state index contributed by atoms with van der Waals surface area (Å²) in [5.41, 5.74) is 4.02. The van der Waals surface area contributed by atoms with Gasteiger partial charge in [-0.1, -0.05) is 49.3 Å². The highest BCUT2D eigenvalue weighted by atomic mass is 32.1. The first-order valence-electron chi connectivity index (χ1n) is 13.8. The van der Waals surface area contributed by atoms with Gasteiger partial charge in [0.25, 0.3) is 0 Å². The Hall–Kier alpha value is -2.72. The number of carbonyl (C=O) groups excluding carboxylic acids is 2. The van der Waals surface area contributed by atoms with Crippen LogP contribution >= 0.6 is 11.3 Å². The van der Waals surface area contributed by atoms with Crippen LogP contribution in [0.4, 0.5) is 0 Å². The zero-order chi connectivity index (χ0) is 27.5. The number of likely N-dealkylation sites (tertiary alicyclic amines) is 1. The lowest BCUT2D eigenvalue weighted by Crippen LogP contribution is -2.46. The quantitative estimate of drug-likeness (QED) is 0.244. The third-order valence-corrected chi connectivity index (χ3v) is 9.07. The van der Waals surface area contributed by atoms with Gasteiger partial charge in [0, 0.05) is 17.6 Å². The summed E-state index contributed by atoms with van der Waals surface area (Å²) in [5, 5.41) is 23.0. The van der Waals surface area contributed by atoms with Gasteiger partial charge in [0.1, 0.15) is 5.75 Å². The molecule has 2 fully saturated rings. The third kappa shape index (κ3) is 5.77. The van der Waals surface area contributed by atoms with Crippen molar-refractivity contribution in [2.75, 3.05) is 13.7 Å². The van der Waals surface area contributed by atoms with E-state index in [9.17, 15) is 19.7 Å². The minimum atomic E-state index is -1.00. The van der Waals surface area contributed by atoms with Crippen LogP contribution in [-0.4, -0.2) is 53.8 Å². The Labute approximate surface area is 234 Å². The molecule has 2 saturated heterocycles. The molecule has 1 aliphatic carbocycles. The molecule has 7 nitrogen and oxygen atoms in total. The number of carbonyl (C=O) groups is 2. The Bertz CT molecular complexity index is 1260. The van der Waals surface area contributed by atoms with Gasteiger partial charge in [-0.05, 0) is 66.6 Å². The van der Waals surface area contributed by atoms with Crippen LogP contribution in [0.1, 0.15) is 49.5 Å². The number of aromatic hydroxyl groups is 1. The van der Waals surface area contributed by atoms with Gasteiger partial charge < -0.3 is 19.5 Å². The number of para-hydroxylation sites is 1. The minimum Gasteiger partial charge on any atom is -0.507 e. The summed E-state index contributed by atoms with van der Waals surface area (Å²) in [7, 11) is 0.638. The predicted molar refractivity (Wildman–Crippen MR) is 152 cm³/mol. The molecule has 3 heterocycles. The number of fused-ring (bicyclic) bond motifs is 3. The lowest BCUT2D eigenvalue weighted by molar-refractivity contribution is -0.140. The van der Waals surface area contributed by atoms with Gasteiger partial charge in [0.15, 0.2) is 0 Å². The van der Waals surface area contributed by atoms with Crippen molar-refractivity contribution in [3.63, 3.8) is 0 Å². The molecule has 0 spiro atoms. The number of phenols is 1. The van der Waals surface area contributed by atoms with E-state index in [1.165, 1.54) is 21.8 Å². The molecule has 1 aromatic heterocycles. The highest BCUT2D eigenvalue weighted by Crippen LogP contribution is 2.51. The molecular formula is C30H36BNO6S. The molecule has 3 aliphatic rings. The van der Waals surface area contributed by atoms with Gasteiger partial charge in [-0.25, -0.2) is 0 Å². The number of ether oxygens (including phenoxy) is 1. The molecule has 2 amide bonds. The van der Waals surface area contributed by atoms with Gasteiger partial charge in [0.05, 0.1) is 31.1 Å². The Morgan fingerprint density at radius 1 is 1.18 bits per heavy atom. The van der Waals surface area contributed by atoms with Crippen molar-refractivity contribution in [1.82, 2.24) is 4.90 Å². The van der Waals surface area contributed by atoms with Crippen molar-refractivity contribution in [1.29, 1.82) is 0 Å². The van der Waals surface area contributed by atoms with Crippen molar-refractivity contribution in [3.8, 4) is 5.75 Å². The SMILES string of the molecule is CCC/C(=C\c1ccccc1O)CC[C@H]1OB(O)C[C@H]2C1=C(COC)C[C@H]1C(=O)N(Cc3cccs3)C(=O)[C@H]12. The predicted octanol–water partition coefficient (Wildman–Crippen LogP) is 5.06. The average Bonchev–Trinajstić information content (AvgIpc) is 3.51. The summed E-state index contributed by atoms with van der Waals surface area (Å²) < 4.78 is 11.7. The molecule has 2 aliphatic heterocycles. The van der Waals surface area contributed by atoms with Crippen LogP contribution < -0.4 is 0 Å². The second-order valence-electron chi connectivity index (χ2n) is 10.7. The molecular weight excluding hydrogens is 513 g/mol. The highest BCUT2D eigenvalue weighted by Gasteiger charge is 2.57. The largest absolute Gasteiger partial charge is 0.507 e. The van der Waals surface area contributed by atoms with E-state index in [-0.39, 0.29) is 29.6 Å². The van der Waals surface area contributed by atoms with E-state index in [1.807, 2.05) is 35.7 Å². The van der Waals surface area contributed by atoms with Crippen LogP contribution in [0.5, 0.6) is 5.75 Å². The van der Waals surface area contributed by atoms with Crippen molar-refractivity contribution in [2.45, 2.75) is 58.0 Å². The van der Waals surface area contributed by atoms with Crippen molar-refractivity contribution in [3.05, 3.63) is 68.9 Å². The van der Waals surface area contributed by atoms with Gasteiger partial charge in [-0.15, -0.1) is 11.3 Å². The summed E-state index contributed by atoms with van der Waals surface area (Å²) >= 11 is 1.54. The summed E-state index contributed by atoms with van der Waals surface area (Å²) in [4.78, 5) is 29.6. The van der Waals surface area contributed by atoms with E-state index >= 15 is 0 Å². The topological polar surface area (TPSA) is 96.3 Å². The lowest BCUT2D eigenvalue weighted by atomic mass is 9.58. The number of thiophene rings is 1. The Morgan fingerprint density at radius 2 is 2.00 bits per heavy atom. The van der Waals surface area contributed by atoms with Crippen LogP contribution in [0.2, 0.25) is 6.32 Å². The van der Waals surface area contributed by atoms with E-state index in [2.05, 4.69) is 6.92 Å². The maximum atomic E-state index is 13.7. The van der Waals surface area contributed by atoms with Gasteiger partial charge in [-0.3, -0.25) is 14.5 Å². The maximum absolute atomic E-state index is 13.7. The lowest BCUT2D eigenvalue weighted by Gasteiger charge is -2.43. The van der Waals surface area contributed by atoms with E-state index < -0.39 is 19.0 Å². The molecule has 0 unspecified atom stereocenters. The number of imide groups is 1. The highest BCUT2D eigenvalue weighted by molar-refractivity contribution is 7.09. The zero-order valence-electron chi connectivity index (χ0n) is 22.5. The van der Waals surface area contributed by atoms with Crippen molar-refractivity contribution in [2.24, 2.45) is 17.8 Å². The molecule has 0 saturated carbocycles. The average molecular weight is 549 g/mol. The molecule has 1 aromatic carbocycles.